The van der Waals surface area contributed by atoms with Crippen molar-refractivity contribution in [3.05, 3.63) is 39.6 Å². The number of rotatable bonds is 4. The number of carbonyl (C=O) groups is 1. The van der Waals surface area contributed by atoms with Crippen LogP contribution >= 0.6 is 34.5 Å². The molecule has 0 atom stereocenters. The van der Waals surface area contributed by atoms with Gasteiger partial charge in [-0.3, -0.25) is 4.79 Å². The Balaban J connectivity index is 2.72. The first-order valence-electron chi connectivity index (χ1n) is 6.24. The molecule has 106 valence electrons. The molecule has 0 N–H and O–H groups in total. The maximum Gasteiger partial charge on any atom is 0.248 e. The first-order valence-corrected chi connectivity index (χ1v) is 7.81. The fourth-order valence-electron chi connectivity index (χ4n) is 1.86. The van der Waals surface area contributed by atoms with E-state index >= 15 is 0 Å². The number of benzene rings is 1. The highest BCUT2D eigenvalue weighted by atomic mass is 35.5. The number of allylic oxidation sites excluding steroid dienone is 1. The average molecular weight is 329 g/mol. The van der Waals surface area contributed by atoms with Crippen LogP contribution in [0.2, 0.25) is 10.0 Å². The SMILES string of the molecule is C=CCn1c(=NC(=O)CCC)sc2ccc(Cl)c(Cl)c21. The van der Waals surface area contributed by atoms with Gasteiger partial charge in [-0.05, 0) is 18.6 Å². The summed E-state index contributed by atoms with van der Waals surface area (Å²) in [6.45, 7) is 6.21. The van der Waals surface area contributed by atoms with Crippen molar-refractivity contribution in [3.8, 4) is 0 Å². The molecule has 3 nitrogen and oxygen atoms in total. The molecular weight excluding hydrogens is 315 g/mol. The third-order valence-electron chi connectivity index (χ3n) is 2.73. The maximum atomic E-state index is 11.7. The van der Waals surface area contributed by atoms with Crippen molar-refractivity contribution in [2.45, 2.75) is 26.3 Å². The van der Waals surface area contributed by atoms with Gasteiger partial charge in [-0.2, -0.15) is 4.99 Å². The lowest BCUT2D eigenvalue weighted by Gasteiger charge is -2.03. The summed E-state index contributed by atoms with van der Waals surface area (Å²) in [5, 5.41) is 0.966. The Morgan fingerprint density at radius 3 is 2.90 bits per heavy atom. The Morgan fingerprint density at radius 1 is 1.50 bits per heavy atom. The van der Waals surface area contributed by atoms with Crippen LogP contribution < -0.4 is 4.80 Å². The van der Waals surface area contributed by atoms with E-state index < -0.39 is 0 Å². The first kappa shape index (κ1) is 15.3. The van der Waals surface area contributed by atoms with Gasteiger partial charge in [0.2, 0.25) is 5.91 Å². The standard InChI is InChI=1S/C14H14Cl2N2OS/c1-3-5-11(19)17-14-18(8-4-2)13-10(20-14)7-6-9(15)12(13)16/h4,6-7H,2-3,5,8H2,1H3. The van der Waals surface area contributed by atoms with Crippen LogP contribution in [0.25, 0.3) is 10.2 Å². The lowest BCUT2D eigenvalue weighted by molar-refractivity contribution is -0.118. The molecule has 1 aromatic carbocycles. The van der Waals surface area contributed by atoms with Crippen molar-refractivity contribution >= 4 is 50.7 Å². The number of thiazole rings is 1. The molecule has 1 heterocycles. The van der Waals surface area contributed by atoms with Crippen molar-refractivity contribution in [2.24, 2.45) is 4.99 Å². The molecule has 0 aliphatic heterocycles. The number of carbonyl (C=O) groups excluding carboxylic acids is 1. The molecule has 20 heavy (non-hydrogen) atoms. The molecule has 0 aliphatic carbocycles. The molecule has 0 spiro atoms. The fraction of sp³-hybridized carbons (Fsp3) is 0.286. The van der Waals surface area contributed by atoms with Gasteiger partial charge in [0, 0.05) is 13.0 Å². The van der Waals surface area contributed by atoms with Gasteiger partial charge in [0.05, 0.1) is 20.3 Å². The van der Waals surface area contributed by atoms with Crippen molar-refractivity contribution in [1.82, 2.24) is 4.57 Å². The molecule has 0 saturated carbocycles. The number of amides is 1. The van der Waals surface area contributed by atoms with Gasteiger partial charge in [0.1, 0.15) is 0 Å². The minimum atomic E-state index is -0.126. The van der Waals surface area contributed by atoms with Gasteiger partial charge in [-0.1, -0.05) is 47.5 Å². The molecule has 0 fully saturated rings. The summed E-state index contributed by atoms with van der Waals surface area (Å²) in [6, 6.07) is 3.63. The molecule has 1 aromatic heterocycles. The van der Waals surface area contributed by atoms with E-state index in [-0.39, 0.29) is 5.91 Å². The number of halogens is 2. The minimum absolute atomic E-state index is 0.126. The molecule has 0 aliphatic rings. The van der Waals surface area contributed by atoms with E-state index in [9.17, 15) is 4.79 Å². The van der Waals surface area contributed by atoms with Gasteiger partial charge in [0.15, 0.2) is 4.80 Å². The lowest BCUT2D eigenvalue weighted by Crippen LogP contribution is -2.16. The predicted octanol–water partition coefficient (Wildman–Crippen LogP) is 4.42. The molecule has 0 unspecified atom stereocenters. The van der Waals surface area contributed by atoms with Gasteiger partial charge in [0.25, 0.3) is 0 Å². The van der Waals surface area contributed by atoms with E-state index in [1.807, 2.05) is 17.6 Å². The van der Waals surface area contributed by atoms with Gasteiger partial charge < -0.3 is 4.57 Å². The molecule has 6 heteroatoms. The second-order valence-electron chi connectivity index (χ2n) is 4.25. The van der Waals surface area contributed by atoms with Crippen LogP contribution in [0.5, 0.6) is 0 Å². The molecular formula is C14H14Cl2N2OS. The monoisotopic (exact) mass is 328 g/mol. The van der Waals surface area contributed by atoms with E-state index in [1.165, 1.54) is 11.3 Å². The van der Waals surface area contributed by atoms with Gasteiger partial charge >= 0.3 is 0 Å². The number of fused-ring (bicyclic) bond motifs is 1. The van der Waals surface area contributed by atoms with E-state index in [4.69, 9.17) is 23.2 Å². The van der Waals surface area contributed by atoms with Gasteiger partial charge in [-0.25, -0.2) is 0 Å². The van der Waals surface area contributed by atoms with Crippen LogP contribution in [-0.4, -0.2) is 10.5 Å². The zero-order valence-electron chi connectivity index (χ0n) is 11.0. The number of hydrogen-bond donors (Lipinski definition) is 0. The van der Waals surface area contributed by atoms with Crippen molar-refractivity contribution in [2.75, 3.05) is 0 Å². The summed E-state index contributed by atoms with van der Waals surface area (Å²) in [7, 11) is 0. The summed E-state index contributed by atoms with van der Waals surface area (Å²) in [4.78, 5) is 16.5. The summed E-state index contributed by atoms with van der Waals surface area (Å²) in [5.41, 5.74) is 0.798. The molecule has 2 aromatic rings. The molecule has 0 bridgehead atoms. The molecule has 0 radical (unpaired) electrons. The number of aromatic nitrogens is 1. The third kappa shape index (κ3) is 2.97. The van der Waals surface area contributed by atoms with Crippen molar-refractivity contribution in [1.29, 1.82) is 0 Å². The summed E-state index contributed by atoms with van der Waals surface area (Å²) >= 11 is 13.8. The number of nitrogens with zero attached hydrogens (tertiary/aromatic N) is 2. The largest absolute Gasteiger partial charge is 0.311 e. The van der Waals surface area contributed by atoms with Crippen LogP contribution in [0.1, 0.15) is 19.8 Å². The normalized spacial score (nSPS) is 12.1. The van der Waals surface area contributed by atoms with Crippen LogP contribution in [0.15, 0.2) is 29.8 Å². The average Bonchev–Trinajstić information content (AvgIpc) is 2.74. The molecule has 2 rings (SSSR count). The zero-order valence-corrected chi connectivity index (χ0v) is 13.4. The highest BCUT2D eigenvalue weighted by molar-refractivity contribution is 7.16. The Morgan fingerprint density at radius 2 is 2.25 bits per heavy atom. The minimum Gasteiger partial charge on any atom is -0.311 e. The topological polar surface area (TPSA) is 34.4 Å². The predicted molar refractivity (Wildman–Crippen MR) is 85.5 cm³/mol. The van der Waals surface area contributed by atoms with E-state index in [0.717, 1.165) is 16.6 Å². The smallest absolute Gasteiger partial charge is 0.248 e. The second-order valence-corrected chi connectivity index (χ2v) is 6.04. The van der Waals surface area contributed by atoms with Crippen LogP contribution in [-0.2, 0) is 11.3 Å². The lowest BCUT2D eigenvalue weighted by atomic mass is 10.3. The van der Waals surface area contributed by atoms with E-state index in [1.54, 1.807) is 12.1 Å². The van der Waals surface area contributed by atoms with Crippen LogP contribution in [0.3, 0.4) is 0 Å². The fourth-order valence-corrected chi connectivity index (χ4v) is 3.40. The van der Waals surface area contributed by atoms with E-state index in [2.05, 4.69) is 11.6 Å². The molecule has 0 saturated heterocycles. The van der Waals surface area contributed by atoms with Gasteiger partial charge in [-0.15, -0.1) is 6.58 Å². The summed E-state index contributed by atoms with van der Waals surface area (Å²) in [5.74, 6) is -0.126. The maximum absolute atomic E-state index is 11.7. The second kappa shape index (κ2) is 6.57. The zero-order chi connectivity index (χ0) is 14.7. The highest BCUT2D eigenvalue weighted by Crippen LogP contribution is 2.32. The Bertz CT molecular complexity index is 731. The summed E-state index contributed by atoms with van der Waals surface area (Å²) < 4.78 is 2.82. The Labute approximate surface area is 131 Å². The Hall–Kier alpha value is -1.10. The highest BCUT2D eigenvalue weighted by Gasteiger charge is 2.12. The summed E-state index contributed by atoms with van der Waals surface area (Å²) in [6.07, 6.45) is 2.96. The van der Waals surface area contributed by atoms with Crippen LogP contribution in [0.4, 0.5) is 0 Å². The third-order valence-corrected chi connectivity index (χ3v) is 4.57. The molecule has 1 amide bonds. The van der Waals surface area contributed by atoms with E-state index in [0.29, 0.717) is 27.8 Å². The van der Waals surface area contributed by atoms with Crippen molar-refractivity contribution in [3.63, 3.8) is 0 Å². The van der Waals surface area contributed by atoms with Crippen LogP contribution in [0, 0.1) is 0 Å². The Kier molecular flexibility index (Phi) is 5.02. The number of hydrogen-bond acceptors (Lipinski definition) is 2. The van der Waals surface area contributed by atoms with Crippen molar-refractivity contribution < 1.29 is 4.79 Å². The quantitative estimate of drug-likeness (QED) is 0.765. The first-order chi connectivity index (χ1) is 9.58.